The molecule has 0 atom stereocenters. The molecule has 0 unspecified atom stereocenters. The van der Waals surface area contributed by atoms with Gasteiger partial charge in [-0.2, -0.15) is 0 Å². The number of hydrogen-bond acceptors (Lipinski definition) is 6. The first-order valence-electron chi connectivity index (χ1n) is 10.1. The van der Waals surface area contributed by atoms with E-state index in [1.165, 1.54) is 11.1 Å². The first-order valence-corrected chi connectivity index (χ1v) is 11.9. The lowest BCUT2D eigenvalue weighted by Crippen LogP contribution is -2.44. The van der Waals surface area contributed by atoms with Crippen molar-refractivity contribution in [2.45, 2.75) is 25.8 Å². The Morgan fingerprint density at radius 3 is 2.57 bits per heavy atom. The maximum Gasteiger partial charge on any atom is 0.217 e. The van der Waals surface area contributed by atoms with E-state index in [-0.39, 0.29) is 11.9 Å². The summed E-state index contributed by atoms with van der Waals surface area (Å²) in [7, 11) is 0. The number of nitrogens with one attached hydrogen (secondary N) is 1. The minimum Gasteiger partial charge on any atom is -0.356 e. The van der Waals surface area contributed by atoms with Crippen LogP contribution in [0.4, 0.5) is 5.82 Å². The molecule has 4 aromatic rings. The van der Waals surface area contributed by atoms with Gasteiger partial charge in [-0.05, 0) is 29.9 Å². The van der Waals surface area contributed by atoms with Gasteiger partial charge >= 0.3 is 0 Å². The van der Waals surface area contributed by atoms with E-state index in [2.05, 4.69) is 51.3 Å². The number of carbonyl (C=O) groups is 1. The Morgan fingerprint density at radius 2 is 1.87 bits per heavy atom. The van der Waals surface area contributed by atoms with Gasteiger partial charge in [0, 0.05) is 37.0 Å². The monoisotopic (exact) mass is 434 g/mol. The summed E-state index contributed by atoms with van der Waals surface area (Å²) in [5.41, 5.74) is 2.37. The molecular formula is C23H22N4OS2. The molecule has 1 aromatic carbocycles. The third-order valence-corrected chi connectivity index (χ3v) is 7.18. The predicted octanol–water partition coefficient (Wildman–Crippen LogP) is 5.19. The second kappa shape index (κ2) is 8.16. The normalized spacial score (nSPS) is 14.9. The molecule has 1 fully saturated rings. The van der Waals surface area contributed by atoms with Crippen LogP contribution in [-0.2, 0) is 4.79 Å². The van der Waals surface area contributed by atoms with E-state index in [4.69, 9.17) is 9.97 Å². The minimum absolute atomic E-state index is 0.0436. The zero-order valence-corrected chi connectivity index (χ0v) is 18.3. The number of anilines is 1. The Balaban J connectivity index is 1.59. The minimum atomic E-state index is 0.0436. The largest absolute Gasteiger partial charge is 0.356 e. The van der Waals surface area contributed by atoms with Gasteiger partial charge in [0.2, 0.25) is 5.91 Å². The summed E-state index contributed by atoms with van der Waals surface area (Å²) >= 11 is 3.34. The fourth-order valence-corrected chi connectivity index (χ4v) is 5.62. The molecule has 1 saturated heterocycles. The molecule has 5 nitrogen and oxygen atoms in total. The van der Waals surface area contributed by atoms with Crippen molar-refractivity contribution in [1.82, 2.24) is 15.3 Å². The van der Waals surface area contributed by atoms with Gasteiger partial charge in [0.05, 0.1) is 10.3 Å². The number of hydrogen-bond donors (Lipinski definition) is 1. The van der Waals surface area contributed by atoms with Crippen molar-refractivity contribution in [1.29, 1.82) is 0 Å². The summed E-state index contributed by atoms with van der Waals surface area (Å²) in [6.07, 6.45) is 1.84. The first kappa shape index (κ1) is 19.2. The SMILES string of the molecule is CC(=O)NC1CCN(c2nc(-c3cccs3)nc3scc(-c4ccccc4)c23)CC1. The van der Waals surface area contributed by atoms with Crippen molar-refractivity contribution < 1.29 is 4.79 Å². The highest BCUT2D eigenvalue weighted by Gasteiger charge is 2.25. The maximum atomic E-state index is 11.4. The van der Waals surface area contributed by atoms with Crippen LogP contribution < -0.4 is 10.2 Å². The summed E-state index contributed by atoms with van der Waals surface area (Å²) in [6.45, 7) is 3.32. The molecule has 0 saturated carbocycles. The number of amides is 1. The molecule has 1 amide bonds. The number of piperidine rings is 1. The van der Waals surface area contributed by atoms with Crippen molar-refractivity contribution in [2.75, 3.05) is 18.0 Å². The molecule has 1 aliphatic heterocycles. The van der Waals surface area contributed by atoms with Crippen LogP contribution in [0, 0.1) is 0 Å². The Bertz CT molecular complexity index is 1160. The molecule has 7 heteroatoms. The summed E-state index contributed by atoms with van der Waals surface area (Å²) in [6, 6.07) is 14.8. The molecule has 4 heterocycles. The third kappa shape index (κ3) is 3.70. The number of fused-ring (bicyclic) bond motifs is 1. The van der Waals surface area contributed by atoms with Crippen LogP contribution in [0.3, 0.4) is 0 Å². The topological polar surface area (TPSA) is 58.1 Å². The fourth-order valence-electron chi connectivity index (χ4n) is 4.02. The van der Waals surface area contributed by atoms with E-state index in [0.717, 1.165) is 52.7 Å². The number of aromatic nitrogens is 2. The lowest BCUT2D eigenvalue weighted by atomic mass is 10.0. The van der Waals surface area contributed by atoms with Gasteiger partial charge in [-0.25, -0.2) is 9.97 Å². The fraction of sp³-hybridized carbons (Fsp3) is 0.261. The van der Waals surface area contributed by atoms with Crippen LogP contribution in [-0.4, -0.2) is 35.0 Å². The molecule has 30 heavy (non-hydrogen) atoms. The van der Waals surface area contributed by atoms with Crippen molar-refractivity contribution >= 4 is 44.6 Å². The van der Waals surface area contributed by atoms with E-state index >= 15 is 0 Å². The second-order valence-corrected chi connectivity index (χ2v) is 9.31. The molecule has 3 aromatic heterocycles. The summed E-state index contributed by atoms with van der Waals surface area (Å²) < 4.78 is 0. The molecule has 0 bridgehead atoms. The summed E-state index contributed by atoms with van der Waals surface area (Å²) in [4.78, 5) is 25.9. The number of rotatable bonds is 4. The first-order chi connectivity index (χ1) is 14.7. The van der Waals surface area contributed by atoms with Crippen LogP contribution in [0.15, 0.2) is 53.2 Å². The molecular weight excluding hydrogens is 412 g/mol. The molecule has 5 rings (SSSR count). The standard InChI is InChI=1S/C23H22N4OS2/c1-15(28)24-17-9-11-27(12-10-17)22-20-18(16-6-3-2-4-7-16)14-30-23(20)26-21(25-22)19-8-5-13-29-19/h2-8,13-14,17H,9-12H2,1H3,(H,24,28). The van der Waals surface area contributed by atoms with Crippen molar-refractivity contribution in [3.8, 4) is 21.8 Å². The molecule has 0 radical (unpaired) electrons. The lowest BCUT2D eigenvalue weighted by Gasteiger charge is -2.33. The average Bonchev–Trinajstić information content (AvgIpc) is 3.44. The number of carbonyl (C=O) groups excluding carboxylic acids is 1. The van der Waals surface area contributed by atoms with Crippen molar-refractivity contribution in [2.24, 2.45) is 0 Å². The van der Waals surface area contributed by atoms with E-state index in [0.29, 0.717) is 0 Å². The highest BCUT2D eigenvalue weighted by molar-refractivity contribution is 7.17. The van der Waals surface area contributed by atoms with E-state index in [1.807, 2.05) is 12.1 Å². The van der Waals surface area contributed by atoms with Crippen LogP contribution in [0.2, 0.25) is 0 Å². The quantitative estimate of drug-likeness (QED) is 0.480. The van der Waals surface area contributed by atoms with Gasteiger partial charge in [-0.3, -0.25) is 4.79 Å². The molecule has 0 spiro atoms. The van der Waals surface area contributed by atoms with E-state index in [1.54, 1.807) is 29.6 Å². The molecule has 0 aliphatic carbocycles. The Hall–Kier alpha value is -2.77. The number of thiophene rings is 2. The zero-order valence-electron chi connectivity index (χ0n) is 16.7. The Labute approximate surface area is 183 Å². The smallest absolute Gasteiger partial charge is 0.217 e. The van der Waals surface area contributed by atoms with Gasteiger partial charge in [0.25, 0.3) is 0 Å². The molecule has 152 valence electrons. The van der Waals surface area contributed by atoms with Gasteiger partial charge in [-0.1, -0.05) is 36.4 Å². The zero-order chi connectivity index (χ0) is 20.5. The van der Waals surface area contributed by atoms with Crippen LogP contribution >= 0.6 is 22.7 Å². The van der Waals surface area contributed by atoms with E-state index in [9.17, 15) is 4.79 Å². The highest BCUT2D eigenvalue weighted by Crippen LogP contribution is 2.40. The summed E-state index contributed by atoms with van der Waals surface area (Å²) in [5, 5.41) is 8.45. The summed E-state index contributed by atoms with van der Waals surface area (Å²) in [5.74, 6) is 1.84. The number of nitrogens with zero attached hydrogens (tertiary/aromatic N) is 3. The molecule has 1 N–H and O–H groups in total. The van der Waals surface area contributed by atoms with Gasteiger partial charge in [0.1, 0.15) is 10.6 Å². The van der Waals surface area contributed by atoms with E-state index < -0.39 is 0 Å². The highest BCUT2D eigenvalue weighted by atomic mass is 32.1. The lowest BCUT2D eigenvalue weighted by molar-refractivity contribution is -0.119. The van der Waals surface area contributed by atoms with Crippen molar-refractivity contribution in [3.05, 3.63) is 53.2 Å². The van der Waals surface area contributed by atoms with Gasteiger partial charge in [0.15, 0.2) is 5.82 Å². The molecule has 1 aliphatic rings. The van der Waals surface area contributed by atoms with Gasteiger partial charge in [-0.15, -0.1) is 22.7 Å². The maximum absolute atomic E-state index is 11.4. The Morgan fingerprint density at radius 1 is 1.07 bits per heavy atom. The van der Waals surface area contributed by atoms with Crippen molar-refractivity contribution in [3.63, 3.8) is 0 Å². The second-order valence-electron chi connectivity index (χ2n) is 7.51. The third-order valence-electron chi connectivity index (χ3n) is 5.44. The average molecular weight is 435 g/mol. The Kier molecular flexibility index (Phi) is 5.23. The van der Waals surface area contributed by atoms with Crippen LogP contribution in [0.5, 0.6) is 0 Å². The van der Waals surface area contributed by atoms with Gasteiger partial charge < -0.3 is 10.2 Å². The number of benzene rings is 1. The van der Waals surface area contributed by atoms with Crippen LogP contribution in [0.25, 0.3) is 32.0 Å². The van der Waals surface area contributed by atoms with Crippen LogP contribution in [0.1, 0.15) is 19.8 Å². The predicted molar refractivity (Wildman–Crippen MR) is 125 cm³/mol.